The minimum atomic E-state index is -0.387. The Morgan fingerprint density at radius 2 is 1.79 bits per heavy atom. The van der Waals surface area contributed by atoms with E-state index in [0.717, 1.165) is 17.1 Å². The average Bonchev–Trinajstić information content (AvgIpc) is 2.88. The lowest BCUT2D eigenvalue weighted by molar-refractivity contribution is 0.0920. The number of hydrogen-bond acceptors (Lipinski definition) is 2. The van der Waals surface area contributed by atoms with E-state index in [1.807, 2.05) is 54.8 Å². The third kappa shape index (κ3) is 3.23. The molecular formula is C20H18FNO2. The quantitative estimate of drug-likeness (QED) is 0.648. The number of aromatic nitrogens is 1. The first kappa shape index (κ1) is 16.0. The second-order valence-electron chi connectivity index (χ2n) is 5.62. The van der Waals surface area contributed by atoms with Crippen LogP contribution in [0, 0.1) is 19.7 Å². The maximum Gasteiger partial charge on any atom is 0.202 e. The number of carbonyl (C=O) groups is 1. The Kier molecular flexibility index (Phi) is 4.47. The molecule has 24 heavy (non-hydrogen) atoms. The standard InChI is InChI=1S/C20H18FNO2/c1-14-11-19(15(2)22(14)17-8-4-3-5-9-17)20(23)13-24-18-10-6-7-16(21)12-18/h3-12H,13H2,1-2H3. The largest absolute Gasteiger partial charge is 0.485 e. The van der Waals surface area contributed by atoms with Gasteiger partial charge in [0.25, 0.3) is 0 Å². The number of ketones is 1. The van der Waals surface area contributed by atoms with Crippen LogP contribution >= 0.6 is 0 Å². The van der Waals surface area contributed by atoms with Gasteiger partial charge in [0.1, 0.15) is 11.6 Å². The molecule has 1 aromatic heterocycles. The van der Waals surface area contributed by atoms with Crippen LogP contribution in [0.15, 0.2) is 60.7 Å². The molecule has 0 fully saturated rings. The summed E-state index contributed by atoms with van der Waals surface area (Å²) in [6.07, 6.45) is 0. The highest BCUT2D eigenvalue weighted by Gasteiger charge is 2.17. The number of nitrogens with zero attached hydrogens (tertiary/aromatic N) is 1. The molecule has 3 aromatic rings. The van der Waals surface area contributed by atoms with E-state index in [1.54, 1.807) is 12.1 Å². The van der Waals surface area contributed by atoms with E-state index in [4.69, 9.17) is 4.74 Å². The van der Waals surface area contributed by atoms with Gasteiger partial charge in [-0.15, -0.1) is 0 Å². The molecular weight excluding hydrogens is 305 g/mol. The number of benzene rings is 2. The van der Waals surface area contributed by atoms with Crippen LogP contribution in [0.5, 0.6) is 5.75 Å². The molecule has 4 heteroatoms. The molecule has 0 unspecified atom stereocenters. The van der Waals surface area contributed by atoms with Gasteiger partial charge in [0, 0.05) is 28.7 Å². The molecule has 122 valence electrons. The van der Waals surface area contributed by atoms with Crippen molar-refractivity contribution in [1.29, 1.82) is 0 Å². The monoisotopic (exact) mass is 323 g/mol. The molecule has 0 saturated heterocycles. The van der Waals surface area contributed by atoms with E-state index < -0.39 is 0 Å². The van der Waals surface area contributed by atoms with Crippen molar-refractivity contribution in [3.05, 3.63) is 83.4 Å². The normalized spacial score (nSPS) is 10.6. The molecule has 0 bridgehead atoms. The molecule has 0 aliphatic heterocycles. The third-order valence-electron chi connectivity index (χ3n) is 3.91. The molecule has 0 spiro atoms. The summed E-state index contributed by atoms with van der Waals surface area (Å²) in [7, 11) is 0. The Morgan fingerprint density at radius 3 is 2.50 bits per heavy atom. The Bertz CT molecular complexity index is 869. The number of halogens is 1. The maximum atomic E-state index is 13.2. The first-order valence-electron chi connectivity index (χ1n) is 7.72. The van der Waals surface area contributed by atoms with E-state index in [2.05, 4.69) is 0 Å². The molecule has 0 saturated carbocycles. The van der Waals surface area contributed by atoms with Crippen molar-refractivity contribution in [2.45, 2.75) is 13.8 Å². The van der Waals surface area contributed by atoms with Gasteiger partial charge in [-0.05, 0) is 44.2 Å². The predicted molar refractivity (Wildman–Crippen MR) is 91.5 cm³/mol. The smallest absolute Gasteiger partial charge is 0.202 e. The van der Waals surface area contributed by atoms with Crippen LogP contribution in [-0.4, -0.2) is 17.0 Å². The Balaban J connectivity index is 1.81. The molecule has 2 aromatic carbocycles. The summed E-state index contributed by atoms with van der Waals surface area (Å²) in [6.45, 7) is 3.75. The maximum absolute atomic E-state index is 13.2. The van der Waals surface area contributed by atoms with Crippen LogP contribution < -0.4 is 4.74 Å². The van der Waals surface area contributed by atoms with Gasteiger partial charge >= 0.3 is 0 Å². The lowest BCUT2D eigenvalue weighted by Crippen LogP contribution is -2.12. The lowest BCUT2D eigenvalue weighted by atomic mass is 10.1. The average molecular weight is 323 g/mol. The summed E-state index contributed by atoms with van der Waals surface area (Å²) < 4.78 is 20.6. The van der Waals surface area contributed by atoms with Crippen molar-refractivity contribution in [1.82, 2.24) is 4.57 Å². The number of hydrogen-bond donors (Lipinski definition) is 0. The zero-order valence-corrected chi connectivity index (χ0v) is 13.6. The molecule has 0 aliphatic rings. The second kappa shape index (κ2) is 6.71. The predicted octanol–water partition coefficient (Wildman–Crippen LogP) is 4.49. The van der Waals surface area contributed by atoms with Gasteiger partial charge in [-0.3, -0.25) is 4.79 Å². The molecule has 0 aliphatic carbocycles. The van der Waals surface area contributed by atoms with Gasteiger partial charge in [0.05, 0.1) is 0 Å². The van der Waals surface area contributed by atoms with Crippen molar-refractivity contribution in [2.24, 2.45) is 0 Å². The van der Waals surface area contributed by atoms with Gasteiger partial charge < -0.3 is 9.30 Å². The minimum Gasteiger partial charge on any atom is -0.485 e. The van der Waals surface area contributed by atoms with E-state index >= 15 is 0 Å². The number of ether oxygens (including phenoxy) is 1. The molecule has 0 amide bonds. The lowest BCUT2D eigenvalue weighted by Gasteiger charge is -2.10. The fourth-order valence-electron chi connectivity index (χ4n) is 2.80. The van der Waals surface area contributed by atoms with Crippen molar-refractivity contribution in [2.75, 3.05) is 6.61 Å². The summed E-state index contributed by atoms with van der Waals surface area (Å²) in [6, 6.07) is 17.5. The summed E-state index contributed by atoms with van der Waals surface area (Å²) >= 11 is 0. The van der Waals surface area contributed by atoms with E-state index in [9.17, 15) is 9.18 Å². The van der Waals surface area contributed by atoms with Crippen LogP contribution in [0.3, 0.4) is 0 Å². The SMILES string of the molecule is Cc1cc(C(=O)COc2cccc(F)c2)c(C)n1-c1ccccc1. The number of Topliss-reactive ketones (excluding diaryl/α,β-unsaturated/α-hetero) is 1. The van der Waals surface area contributed by atoms with Crippen LogP contribution in [0.25, 0.3) is 5.69 Å². The Morgan fingerprint density at radius 1 is 1.04 bits per heavy atom. The minimum absolute atomic E-state index is 0.122. The fourth-order valence-corrected chi connectivity index (χ4v) is 2.80. The summed E-state index contributed by atoms with van der Waals surface area (Å²) in [5, 5.41) is 0. The van der Waals surface area contributed by atoms with Crippen molar-refractivity contribution >= 4 is 5.78 Å². The Labute approximate surface area is 140 Å². The van der Waals surface area contributed by atoms with Gasteiger partial charge in [0.15, 0.2) is 6.61 Å². The number of rotatable bonds is 5. The van der Waals surface area contributed by atoms with Crippen LogP contribution in [0.2, 0.25) is 0 Å². The van der Waals surface area contributed by atoms with E-state index in [-0.39, 0.29) is 18.2 Å². The topological polar surface area (TPSA) is 31.2 Å². The number of aryl methyl sites for hydroxylation is 1. The zero-order chi connectivity index (χ0) is 17.1. The number of para-hydroxylation sites is 1. The molecule has 1 heterocycles. The van der Waals surface area contributed by atoms with Gasteiger partial charge in [-0.2, -0.15) is 0 Å². The van der Waals surface area contributed by atoms with Crippen molar-refractivity contribution < 1.29 is 13.9 Å². The highest BCUT2D eigenvalue weighted by atomic mass is 19.1. The van der Waals surface area contributed by atoms with Crippen LogP contribution in [0.1, 0.15) is 21.7 Å². The van der Waals surface area contributed by atoms with Gasteiger partial charge in [-0.1, -0.05) is 24.3 Å². The van der Waals surface area contributed by atoms with E-state index in [1.165, 1.54) is 12.1 Å². The van der Waals surface area contributed by atoms with Gasteiger partial charge in [0.2, 0.25) is 5.78 Å². The molecule has 0 radical (unpaired) electrons. The fraction of sp³-hybridized carbons (Fsp3) is 0.150. The zero-order valence-electron chi connectivity index (χ0n) is 13.6. The summed E-state index contributed by atoms with van der Waals surface area (Å²) in [5.41, 5.74) is 3.48. The molecule has 3 nitrogen and oxygen atoms in total. The second-order valence-corrected chi connectivity index (χ2v) is 5.62. The molecule has 3 rings (SSSR count). The first-order chi connectivity index (χ1) is 11.6. The van der Waals surface area contributed by atoms with Crippen LogP contribution in [-0.2, 0) is 0 Å². The first-order valence-corrected chi connectivity index (χ1v) is 7.72. The highest BCUT2D eigenvalue weighted by molar-refractivity contribution is 5.98. The third-order valence-corrected chi connectivity index (χ3v) is 3.91. The van der Waals surface area contributed by atoms with Crippen molar-refractivity contribution in [3.8, 4) is 11.4 Å². The molecule has 0 N–H and O–H groups in total. The summed E-state index contributed by atoms with van der Waals surface area (Å²) in [5.74, 6) is -0.169. The van der Waals surface area contributed by atoms with Gasteiger partial charge in [-0.25, -0.2) is 4.39 Å². The molecule has 0 atom stereocenters. The van der Waals surface area contributed by atoms with E-state index in [0.29, 0.717) is 11.3 Å². The van der Waals surface area contributed by atoms with Crippen molar-refractivity contribution in [3.63, 3.8) is 0 Å². The summed E-state index contributed by atoms with van der Waals surface area (Å²) in [4.78, 5) is 12.5. The highest BCUT2D eigenvalue weighted by Crippen LogP contribution is 2.21. The Hall–Kier alpha value is -2.88. The number of carbonyl (C=O) groups excluding carboxylic acids is 1. The van der Waals surface area contributed by atoms with Crippen LogP contribution in [0.4, 0.5) is 4.39 Å².